The number of aryl methyl sites for hydroxylation is 1. The van der Waals surface area contributed by atoms with Gasteiger partial charge in [-0.15, -0.1) is 0 Å². The molecule has 7 heteroatoms. The smallest absolute Gasteiger partial charge is 0.252 e. The van der Waals surface area contributed by atoms with Gasteiger partial charge in [0.15, 0.2) is 0 Å². The molecule has 2 heterocycles. The SMILES string of the molecule is COc1cc(C(=O)N[C@H](c2cnn(C)c2)C2CC(O)C2)ccn1. The van der Waals surface area contributed by atoms with Crippen LogP contribution in [0, 0.1) is 5.92 Å². The molecule has 23 heavy (non-hydrogen) atoms. The van der Waals surface area contributed by atoms with Gasteiger partial charge in [0, 0.05) is 36.6 Å². The second kappa shape index (κ2) is 6.37. The summed E-state index contributed by atoms with van der Waals surface area (Å²) in [4.78, 5) is 16.5. The molecule has 122 valence electrons. The predicted molar refractivity (Wildman–Crippen MR) is 82.9 cm³/mol. The monoisotopic (exact) mass is 316 g/mol. The van der Waals surface area contributed by atoms with E-state index in [1.54, 1.807) is 29.2 Å². The van der Waals surface area contributed by atoms with E-state index in [9.17, 15) is 9.90 Å². The van der Waals surface area contributed by atoms with E-state index in [1.807, 2.05) is 13.2 Å². The molecule has 0 aromatic carbocycles. The van der Waals surface area contributed by atoms with Gasteiger partial charge in [0.05, 0.1) is 25.5 Å². The van der Waals surface area contributed by atoms with Crippen LogP contribution in [0.1, 0.15) is 34.8 Å². The Morgan fingerprint density at radius 1 is 1.52 bits per heavy atom. The van der Waals surface area contributed by atoms with Crippen molar-refractivity contribution in [2.24, 2.45) is 13.0 Å². The topological polar surface area (TPSA) is 89.3 Å². The molecule has 1 aliphatic rings. The summed E-state index contributed by atoms with van der Waals surface area (Å²) in [5, 5.41) is 16.8. The number of nitrogens with zero attached hydrogens (tertiary/aromatic N) is 3. The minimum atomic E-state index is -0.280. The number of hydrogen-bond donors (Lipinski definition) is 2. The molecule has 3 rings (SSSR count). The summed E-state index contributed by atoms with van der Waals surface area (Å²) in [7, 11) is 3.35. The molecule has 1 atom stereocenters. The lowest BCUT2D eigenvalue weighted by Gasteiger charge is -2.37. The molecule has 1 fully saturated rings. The average Bonchev–Trinajstić information content (AvgIpc) is 2.96. The number of ether oxygens (including phenoxy) is 1. The Labute approximate surface area is 134 Å². The number of aromatic nitrogens is 3. The van der Waals surface area contributed by atoms with E-state index >= 15 is 0 Å². The first kappa shape index (κ1) is 15.5. The third-order valence-corrected chi connectivity index (χ3v) is 4.20. The van der Waals surface area contributed by atoms with Crippen LogP contribution in [0.5, 0.6) is 5.88 Å². The highest BCUT2D eigenvalue weighted by Gasteiger charge is 2.36. The number of rotatable bonds is 5. The highest BCUT2D eigenvalue weighted by molar-refractivity contribution is 5.94. The third kappa shape index (κ3) is 3.34. The molecule has 0 unspecified atom stereocenters. The summed E-state index contributed by atoms with van der Waals surface area (Å²) < 4.78 is 6.76. The maximum Gasteiger partial charge on any atom is 0.252 e. The quantitative estimate of drug-likeness (QED) is 0.861. The zero-order chi connectivity index (χ0) is 16.4. The lowest BCUT2D eigenvalue weighted by Crippen LogP contribution is -2.41. The molecule has 2 aromatic rings. The van der Waals surface area contributed by atoms with Crippen molar-refractivity contribution in [3.8, 4) is 5.88 Å². The van der Waals surface area contributed by atoms with Gasteiger partial charge in [-0.3, -0.25) is 9.48 Å². The maximum atomic E-state index is 12.5. The second-order valence-corrected chi connectivity index (χ2v) is 5.87. The molecule has 2 N–H and O–H groups in total. The highest BCUT2D eigenvalue weighted by Crippen LogP contribution is 2.38. The van der Waals surface area contributed by atoms with Gasteiger partial charge in [-0.2, -0.15) is 5.10 Å². The van der Waals surface area contributed by atoms with Crippen LogP contribution in [0.25, 0.3) is 0 Å². The van der Waals surface area contributed by atoms with E-state index in [-0.39, 0.29) is 24.0 Å². The van der Waals surface area contributed by atoms with E-state index in [2.05, 4.69) is 15.4 Å². The third-order valence-electron chi connectivity index (χ3n) is 4.20. The summed E-state index contributed by atoms with van der Waals surface area (Å²) in [6, 6.07) is 3.08. The predicted octanol–water partition coefficient (Wildman–Crippen LogP) is 1.07. The summed E-state index contributed by atoms with van der Waals surface area (Å²) in [5.41, 5.74) is 1.43. The van der Waals surface area contributed by atoms with Crippen LogP contribution in [0.3, 0.4) is 0 Å². The first-order valence-corrected chi connectivity index (χ1v) is 7.54. The van der Waals surface area contributed by atoms with Crippen molar-refractivity contribution in [3.63, 3.8) is 0 Å². The Kier molecular flexibility index (Phi) is 4.29. The normalized spacial score (nSPS) is 21.3. The van der Waals surface area contributed by atoms with Crippen molar-refractivity contribution < 1.29 is 14.6 Å². The minimum Gasteiger partial charge on any atom is -0.481 e. The fraction of sp³-hybridized carbons (Fsp3) is 0.438. The van der Waals surface area contributed by atoms with Crippen molar-refractivity contribution in [2.75, 3.05) is 7.11 Å². The summed E-state index contributed by atoms with van der Waals surface area (Å²) in [6.45, 7) is 0. The van der Waals surface area contributed by atoms with Gasteiger partial charge in [-0.25, -0.2) is 4.98 Å². The van der Waals surface area contributed by atoms with E-state index in [4.69, 9.17) is 4.74 Å². The van der Waals surface area contributed by atoms with Gasteiger partial charge in [0.25, 0.3) is 5.91 Å². The molecule has 0 bridgehead atoms. The number of amides is 1. The van der Waals surface area contributed by atoms with Gasteiger partial charge >= 0.3 is 0 Å². The number of pyridine rings is 1. The van der Waals surface area contributed by atoms with Gasteiger partial charge in [-0.1, -0.05) is 0 Å². The number of hydrogen-bond acceptors (Lipinski definition) is 5. The number of methoxy groups -OCH3 is 1. The molecule has 1 amide bonds. The zero-order valence-corrected chi connectivity index (χ0v) is 13.1. The van der Waals surface area contributed by atoms with Crippen LogP contribution in [0.2, 0.25) is 0 Å². The molecule has 7 nitrogen and oxygen atoms in total. The van der Waals surface area contributed by atoms with E-state index in [0.29, 0.717) is 24.3 Å². The molecule has 1 saturated carbocycles. The summed E-state index contributed by atoms with van der Waals surface area (Å²) in [5.74, 6) is 0.414. The van der Waals surface area contributed by atoms with Crippen LogP contribution in [0.4, 0.5) is 0 Å². The standard InChI is InChI=1S/C16H20N4O3/c1-20-9-12(8-18-20)15(11-5-13(21)6-11)19-16(22)10-3-4-17-14(7-10)23-2/h3-4,7-9,11,13,15,21H,5-6H2,1-2H3,(H,19,22)/t11?,13?,15-/m0/s1. The van der Waals surface area contributed by atoms with Crippen LogP contribution < -0.4 is 10.1 Å². The summed E-state index contributed by atoms with van der Waals surface area (Å²) >= 11 is 0. The van der Waals surface area contributed by atoms with Gasteiger partial charge in [0.2, 0.25) is 5.88 Å². The fourth-order valence-corrected chi connectivity index (χ4v) is 2.86. The fourth-order valence-electron chi connectivity index (χ4n) is 2.86. The summed E-state index contributed by atoms with van der Waals surface area (Å²) in [6.07, 6.45) is 6.27. The molecular weight excluding hydrogens is 296 g/mol. The van der Waals surface area contributed by atoms with Crippen molar-refractivity contribution in [1.82, 2.24) is 20.1 Å². The number of aliphatic hydroxyl groups is 1. The maximum absolute atomic E-state index is 12.5. The minimum absolute atomic E-state index is 0.168. The lowest BCUT2D eigenvalue weighted by atomic mass is 9.75. The molecule has 2 aromatic heterocycles. The highest BCUT2D eigenvalue weighted by atomic mass is 16.5. The van der Waals surface area contributed by atoms with Crippen molar-refractivity contribution >= 4 is 5.91 Å². The molecular formula is C16H20N4O3. The Balaban J connectivity index is 1.78. The van der Waals surface area contributed by atoms with E-state index < -0.39 is 0 Å². The Hall–Kier alpha value is -2.41. The zero-order valence-electron chi connectivity index (χ0n) is 13.1. The van der Waals surface area contributed by atoms with Gasteiger partial charge in [-0.05, 0) is 24.8 Å². The van der Waals surface area contributed by atoms with E-state index in [1.165, 1.54) is 7.11 Å². The molecule has 1 aliphatic carbocycles. The van der Waals surface area contributed by atoms with Crippen molar-refractivity contribution in [1.29, 1.82) is 0 Å². The number of aliphatic hydroxyl groups excluding tert-OH is 1. The van der Waals surface area contributed by atoms with Crippen LogP contribution in [0.15, 0.2) is 30.7 Å². The second-order valence-electron chi connectivity index (χ2n) is 5.87. The number of nitrogens with one attached hydrogen (secondary N) is 1. The Morgan fingerprint density at radius 3 is 2.91 bits per heavy atom. The van der Waals surface area contributed by atoms with Crippen LogP contribution in [-0.2, 0) is 7.05 Å². The van der Waals surface area contributed by atoms with Crippen molar-refractivity contribution in [3.05, 3.63) is 41.9 Å². The van der Waals surface area contributed by atoms with Crippen LogP contribution >= 0.6 is 0 Å². The Morgan fingerprint density at radius 2 is 2.30 bits per heavy atom. The van der Waals surface area contributed by atoms with Crippen molar-refractivity contribution in [2.45, 2.75) is 25.0 Å². The lowest BCUT2D eigenvalue weighted by molar-refractivity contribution is 0.0235. The van der Waals surface area contributed by atoms with E-state index in [0.717, 1.165) is 5.56 Å². The molecule has 0 aliphatic heterocycles. The Bertz CT molecular complexity index is 694. The average molecular weight is 316 g/mol. The number of carbonyl (C=O) groups is 1. The molecule has 0 saturated heterocycles. The molecule has 0 spiro atoms. The largest absolute Gasteiger partial charge is 0.481 e. The number of carbonyl (C=O) groups excluding carboxylic acids is 1. The van der Waals surface area contributed by atoms with Gasteiger partial charge < -0.3 is 15.2 Å². The first-order chi connectivity index (χ1) is 11.1. The van der Waals surface area contributed by atoms with Crippen LogP contribution in [-0.4, -0.2) is 39.0 Å². The first-order valence-electron chi connectivity index (χ1n) is 7.54. The van der Waals surface area contributed by atoms with Gasteiger partial charge in [0.1, 0.15) is 0 Å². The molecule has 0 radical (unpaired) electrons.